The molecular formula is C25H21NO4. The second-order valence-electron chi connectivity index (χ2n) is 7.09. The number of para-hydroxylation sites is 1. The lowest BCUT2D eigenvalue weighted by atomic mass is 9.95. The topological polar surface area (TPSA) is 66.8 Å². The number of aliphatic hydroxyl groups is 1. The van der Waals surface area contributed by atoms with E-state index >= 15 is 0 Å². The molecule has 1 unspecified atom stereocenters. The molecule has 3 aromatic rings. The zero-order valence-electron chi connectivity index (χ0n) is 16.7. The van der Waals surface area contributed by atoms with Crippen molar-refractivity contribution in [3.05, 3.63) is 101 Å². The maximum atomic E-state index is 13.1. The maximum Gasteiger partial charge on any atom is 0.300 e. The molecule has 1 aliphatic rings. The fourth-order valence-corrected chi connectivity index (χ4v) is 3.77. The first-order valence-corrected chi connectivity index (χ1v) is 9.59. The minimum atomic E-state index is -0.727. The summed E-state index contributed by atoms with van der Waals surface area (Å²) >= 11 is 0. The van der Waals surface area contributed by atoms with Gasteiger partial charge in [0.2, 0.25) is 0 Å². The molecule has 5 heteroatoms. The van der Waals surface area contributed by atoms with Crippen LogP contribution in [-0.2, 0) is 9.59 Å². The van der Waals surface area contributed by atoms with E-state index < -0.39 is 17.7 Å². The molecule has 1 saturated heterocycles. The van der Waals surface area contributed by atoms with Crippen LogP contribution in [0.1, 0.15) is 22.7 Å². The molecule has 0 spiro atoms. The van der Waals surface area contributed by atoms with Crippen LogP contribution in [0.5, 0.6) is 5.75 Å². The lowest BCUT2D eigenvalue weighted by Crippen LogP contribution is -2.30. The lowest BCUT2D eigenvalue weighted by Gasteiger charge is -2.26. The molecule has 1 amide bonds. The molecule has 30 heavy (non-hydrogen) atoms. The molecule has 3 aromatic carbocycles. The summed E-state index contributed by atoms with van der Waals surface area (Å²) in [6.07, 6.45) is 0. The van der Waals surface area contributed by atoms with Crippen LogP contribution in [0.15, 0.2) is 84.4 Å². The number of hydrogen-bond donors (Lipinski definition) is 1. The number of aryl methyl sites for hydroxylation is 1. The van der Waals surface area contributed by atoms with Crippen LogP contribution in [0.3, 0.4) is 0 Å². The highest BCUT2D eigenvalue weighted by Crippen LogP contribution is 2.43. The third-order valence-corrected chi connectivity index (χ3v) is 5.30. The second-order valence-corrected chi connectivity index (χ2v) is 7.09. The Hall–Kier alpha value is -3.86. The van der Waals surface area contributed by atoms with Gasteiger partial charge < -0.3 is 9.84 Å². The van der Waals surface area contributed by atoms with Crippen LogP contribution >= 0.6 is 0 Å². The summed E-state index contributed by atoms with van der Waals surface area (Å²) in [5.41, 5.74) is 2.76. The highest BCUT2D eigenvalue weighted by Gasteiger charge is 2.47. The first-order chi connectivity index (χ1) is 14.5. The molecule has 5 nitrogen and oxygen atoms in total. The Morgan fingerprint density at radius 2 is 1.53 bits per heavy atom. The van der Waals surface area contributed by atoms with Gasteiger partial charge in [-0.2, -0.15) is 0 Å². The van der Waals surface area contributed by atoms with E-state index in [-0.39, 0.29) is 11.3 Å². The summed E-state index contributed by atoms with van der Waals surface area (Å²) in [6, 6.07) is 22.7. The van der Waals surface area contributed by atoms with Crippen LogP contribution in [0.25, 0.3) is 5.76 Å². The summed E-state index contributed by atoms with van der Waals surface area (Å²) in [5.74, 6) is -0.943. The van der Waals surface area contributed by atoms with E-state index in [1.807, 2.05) is 61.5 Å². The van der Waals surface area contributed by atoms with Gasteiger partial charge in [-0.15, -0.1) is 0 Å². The van der Waals surface area contributed by atoms with E-state index in [0.29, 0.717) is 17.0 Å². The molecule has 1 atom stereocenters. The van der Waals surface area contributed by atoms with Crippen molar-refractivity contribution in [2.45, 2.75) is 13.0 Å². The largest absolute Gasteiger partial charge is 0.507 e. The molecule has 0 radical (unpaired) electrons. The van der Waals surface area contributed by atoms with Gasteiger partial charge in [0.25, 0.3) is 11.7 Å². The standard InChI is InChI=1S/C25H21NO4/c1-16-8-6-7-11-20(16)26-22(17-9-4-3-5-10-17)21(24(28)25(26)29)23(27)18-12-14-19(30-2)15-13-18/h3-15,22,27H,1-2H3/b23-21+. The van der Waals surface area contributed by atoms with E-state index in [2.05, 4.69) is 0 Å². The summed E-state index contributed by atoms with van der Waals surface area (Å²) < 4.78 is 5.16. The minimum Gasteiger partial charge on any atom is -0.507 e. The molecule has 1 N–H and O–H groups in total. The van der Waals surface area contributed by atoms with Gasteiger partial charge >= 0.3 is 0 Å². The number of ketones is 1. The molecule has 150 valence electrons. The van der Waals surface area contributed by atoms with Gasteiger partial charge in [0.15, 0.2) is 0 Å². The van der Waals surface area contributed by atoms with Crippen LogP contribution < -0.4 is 9.64 Å². The number of carbonyl (C=O) groups excluding carboxylic acids is 2. The van der Waals surface area contributed by atoms with Gasteiger partial charge in [-0.25, -0.2) is 0 Å². The average Bonchev–Trinajstić information content (AvgIpc) is 3.05. The van der Waals surface area contributed by atoms with Crippen LogP contribution in [0.4, 0.5) is 5.69 Å². The Morgan fingerprint density at radius 3 is 2.17 bits per heavy atom. The third kappa shape index (κ3) is 3.24. The van der Waals surface area contributed by atoms with Crippen molar-refractivity contribution in [1.29, 1.82) is 0 Å². The number of amides is 1. The molecule has 4 rings (SSSR count). The highest BCUT2D eigenvalue weighted by molar-refractivity contribution is 6.51. The van der Waals surface area contributed by atoms with Gasteiger partial charge in [-0.05, 0) is 48.4 Å². The summed E-state index contributed by atoms with van der Waals surface area (Å²) in [4.78, 5) is 27.7. The van der Waals surface area contributed by atoms with Gasteiger partial charge in [-0.3, -0.25) is 14.5 Å². The number of Topliss-reactive ketones (excluding diaryl/α,β-unsaturated/α-hetero) is 1. The number of carbonyl (C=O) groups is 2. The monoisotopic (exact) mass is 399 g/mol. The smallest absolute Gasteiger partial charge is 0.300 e. The molecule has 1 aliphatic heterocycles. The minimum absolute atomic E-state index is 0.0691. The van der Waals surface area contributed by atoms with Gasteiger partial charge in [-0.1, -0.05) is 48.5 Å². The Morgan fingerprint density at radius 1 is 0.900 bits per heavy atom. The van der Waals surface area contributed by atoms with Gasteiger partial charge in [0, 0.05) is 11.3 Å². The number of anilines is 1. The Balaban J connectivity index is 1.93. The Bertz CT molecular complexity index is 1130. The first-order valence-electron chi connectivity index (χ1n) is 9.59. The summed E-state index contributed by atoms with van der Waals surface area (Å²) in [6.45, 7) is 1.89. The molecule has 0 aliphatic carbocycles. The van der Waals surface area contributed by atoms with Crippen molar-refractivity contribution in [1.82, 2.24) is 0 Å². The van der Waals surface area contributed by atoms with Crippen molar-refractivity contribution in [3.8, 4) is 5.75 Å². The predicted molar refractivity (Wildman–Crippen MR) is 115 cm³/mol. The van der Waals surface area contributed by atoms with Crippen molar-refractivity contribution < 1.29 is 19.4 Å². The quantitative estimate of drug-likeness (QED) is 0.395. The van der Waals surface area contributed by atoms with Gasteiger partial charge in [0.1, 0.15) is 11.5 Å². The zero-order valence-corrected chi connectivity index (χ0v) is 16.7. The van der Waals surface area contributed by atoms with Crippen LogP contribution in [0.2, 0.25) is 0 Å². The van der Waals surface area contributed by atoms with Crippen LogP contribution in [0, 0.1) is 6.92 Å². The number of methoxy groups -OCH3 is 1. The zero-order chi connectivity index (χ0) is 21.3. The van der Waals surface area contributed by atoms with E-state index in [1.165, 1.54) is 4.90 Å². The van der Waals surface area contributed by atoms with Crippen molar-refractivity contribution >= 4 is 23.1 Å². The Labute approximate surface area is 174 Å². The van der Waals surface area contributed by atoms with Crippen molar-refractivity contribution in [2.75, 3.05) is 12.0 Å². The normalized spacial score (nSPS) is 17.9. The number of rotatable bonds is 4. The van der Waals surface area contributed by atoms with Gasteiger partial charge in [0.05, 0.1) is 18.7 Å². The number of benzene rings is 3. The second kappa shape index (κ2) is 7.87. The summed E-state index contributed by atoms with van der Waals surface area (Å²) in [7, 11) is 1.55. The lowest BCUT2D eigenvalue weighted by molar-refractivity contribution is -0.132. The van der Waals surface area contributed by atoms with Crippen molar-refractivity contribution in [3.63, 3.8) is 0 Å². The van der Waals surface area contributed by atoms with E-state index in [4.69, 9.17) is 4.74 Å². The van der Waals surface area contributed by atoms with E-state index in [9.17, 15) is 14.7 Å². The molecule has 0 aromatic heterocycles. The fourth-order valence-electron chi connectivity index (χ4n) is 3.77. The first kappa shape index (κ1) is 19.5. The molecule has 0 saturated carbocycles. The van der Waals surface area contributed by atoms with E-state index in [1.54, 1.807) is 31.4 Å². The number of hydrogen-bond acceptors (Lipinski definition) is 4. The van der Waals surface area contributed by atoms with E-state index in [0.717, 1.165) is 11.1 Å². The number of aliphatic hydroxyl groups excluding tert-OH is 1. The molecule has 1 fully saturated rings. The number of nitrogens with zero attached hydrogens (tertiary/aromatic N) is 1. The predicted octanol–water partition coefficient (Wildman–Crippen LogP) is 4.63. The molecule has 1 heterocycles. The maximum absolute atomic E-state index is 13.1. The number of ether oxygens (including phenoxy) is 1. The summed E-state index contributed by atoms with van der Waals surface area (Å²) in [5, 5.41) is 11.1. The highest BCUT2D eigenvalue weighted by atomic mass is 16.5. The Kier molecular flexibility index (Phi) is 5.11. The van der Waals surface area contributed by atoms with Crippen LogP contribution in [-0.4, -0.2) is 23.9 Å². The SMILES string of the molecule is COc1ccc(/C(O)=C2\C(=O)C(=O)N(c3ccccc3C)C2c2ccccc2)cc1. The van der Waals surface area contributed by atoms with Crippen molar-refractivity contribution in [2.24, 2.45) is 0 Å². The third-order valence-electron chi connectivity index (χ3n) is 5.30. The molecule has 0 bridgehead atoms. The fraction of sp³-hybridized carbons (Fsp3) is 0.120. The average molecular weight is 399 g/mol. The molecular weight excluding hydrogens is 378 g/mol.